The molecular formula is C18H16ClN5OS. The van der Waals surface area contributed by atoms with Crippen molar-refractivity contribution in [2.75, 3.05) is 11.4 Å². The lowest BCUT2D eigenvalue weighted by atomic mass is 10.2. The fraction of sp³-hybridized carbons (Fsp3) is 0.222. The Bertz CT molecular complexity index is 960. The van der Waals surface area contributed by atoms with Crippen LogP contribution in [0.4, 0.5) is 5.69 Å². The monoisotopic (exact) mass is 385 g/mol. The molecule has 1 aromatic heterocycles. The second-order valence-corrected chi connectivity index (χ2v) is 7.73. The molecule has 0 unspecified atom stereocenters. The molecule has 0 N–H and O–H groups in total. The Morgan fingerprint density at radius 1 is 1.23 bits per heavy atom. The van der Waals surface area contributed by atoms with Crippen molar-refractivity contribution in [2.24, 2.45) is 0 Å². The zero-order chi connectivity index (χ0) is 18.1. The van der Waals surface area contributed by atoms with Gasteiger partial charge in [-0.15, -0.1) is 5.10 Å². The van der Waals surface area contributed by atoms with Gasteiger partial charge in [-0.3, -0.25) is 4.79 Å². The summed E-state index contributed by atoms with van der Waals surface area (Å²) in [6.45, 7) is 2.59. The lowest BCUT2D eigenvalue weighted by molar-refractivity contribution is -0.117. The highest BCUT2D eigenvalue weighted by atomic mass is 35.5. The second kappa shape index (κ2) is 7.09. The summed E-state index contributed by atoms with van der Waals surface area (Å²) < 4.78 is 1.60. The maximum absolute atomic E-state index is 12.9. The number of thioether (sulfide) groups is 1. The van der Waals surface area contributed by atoms with Gasteiger partial charge in [0.25, 0.3) is 0 Å². The molecule has 1 aliphatic rings. The number of para-hydroxylation sites is 1. The average Bonchev–Trinajstić information content (AvgIpc) is 3.28. The summed E-state index contributed by atoms with van der Waals surface area (Å²) >= 11 is 7.39. The van der Waals surface area contributed by atoms with Crippen molar-refractivity contribution >= 4 is 35.0 Å². The molecule has 0 spiro atoms. The summed E-state index contributed by atoms with van der Waals surface area (Å²) in [5.74, 6) is 0.0561. The van der Waals surface area contributed by atoms with Crippen molar-refractivity contribution in [1.82, 2.24) is 20.2 Å². The SMILES string of the molecule is C[C@@H](Sc1nnnn1-c1cccc(Cl)c1)C(=O)N1CCc2ccccc21. The van der Waals surface area contributed by atoms with E-state index in [0.717, 1.165) is 17.8 Å². The number of amides is 1. The number of carbonyl (C=O) groups excluding carboxylic acids is 1. The number of nitrogens with zero attached hydrogens (tertiary/aromatic N) is 5. The first kappa shape index (κ1) is 17.1. The van der Waals surface area contributed by atoms with Crippen molar-refractivity contribution in [2.45, 2.75) is 23.8 Å². The molecule has 0 bridgehead atoms. The van der Waals surface area contributed by atoms with E-state index < -0.39 is 0 Å². The minimum Gasteiger partial charge on any atom is -0.311 e. The first-order chi connectivity index (χ1) is 12.6. The van der Waals surface area contributed by atoms with E-state index in [0.29, 0.717) is 16.7 Å². The van der Waals surface area contributed by atoms with Crippen LogP contribution in [0.15, 0.2) is 53.7 Å². The topological polar surface area (TPSA) is 63.9 Å². The minimum atomic E-state index is -0.315. The van der Waals surface area contributed by atoms with Crippen LogP contribution in [0.25, 0.3) is 5.69 Å². The summed E-state index contributed by atoms with van der Waals surface area (Å²) in [7, 11) is 0. The number of anilines is 1. The number of carbonyl (C=O) groups is 1. The Labute approximate surface area is 160 Å². The van der Waals surface area contributed by atoms with Gasteiger partial charge < -0.3 is 4.90 Å². The number of tetrazole rings is 1. The van der Waals surface area contributed by atoms with Gasteiger partial charge in [-0.25, -0.2) is 0 Å². The van der Waals surface area contributed by atoms with Crippen LogP contribution in [-0.2, 0) is 11.2 Å². The Hall–Kier alpha value is -2.38. The van der Waals surface area contributed by atoms with Gasteiger partial charge in [0.2, 0.25) is 11.1 Å². The number of rotatable bonds is 4. The third-order valence-corrected chi connectivity index (χ3v) is 5.53. The van der Waals surface area contributed by atoms with Crippen molar-refractivity contribution in [3.63, 3.8) is 0 Å². The number of halogens is 1. The highest BCUT2D eigenvalue weighted by Crippen LogP contribution is 2.31. The smallest absolute Gasteiger partial charge is 0.240 e. The number of hydrogen-bond acceptors (Lipinski definition) is 5. The number of benzene rings is 2. The molecule has 0 saturated heterocycles. The van der Waals surface area contributed by atoms with E-state index in [2.05, 4.69) is 21.6 Å². The van der Waals surface area contributed by atoms with Crippen molar-refractivity contribution in [3.05, 3.63) is 59.1 Å². The molecule has 1 atom stereocenters. The summed E-state index contributed by atoms with van der Waals surface area (Å²) in [5, 5.41) is 12.7. The minimum absolute atomic E-state index is 0.0561. The van der Waals surface area contributed by atoms with E-state index in [-0.39, 0.29) is 11.2 Å². The molecule has 8 heteroatoms. The third kappa shape index (κ3) is 3.20. The molecule has 0 aliphatic carbocycles. The number of fused-ring (bicyclic) bond motifs is 1. The molecule has 26 heavy (non-hydrogen) atoms. The van der Waals surface area contributed by atoms with E-state index in [4.69, 9.17) is 11.6 Å². The van der Waals surface area contributed by atoms with E-state index >= 15 is 0 Å². The molecule has 1 aliphatic heterocycles. The summed E-state index contributed by atoms with van der Waals surface area (Å²) in [4.78, 5) is 14.8. The highest BCUT2D eigenvalue weighted by molar-refractivity contribution is 8.00. The first-order valence-corrected chi connectivity index (χ1v) is 9.49. The fourth-order valence-corrected chi connectivity index (χ4v) is 4.07. The molecule has 0 fully saturated rings. The Morgan fingerprint density at radius 3 is 2.92 bits per heavy atom. The van der Waals surface area contributed by atoms with Crippen LogP contribution in [0.5, 0.6) is 0 Å². The molecule has 3 aromatic rings. The van der Waals surface area contributed by atoms with Crippen molar-refractivity contribution < 1.29 is 4.79 Å². The molecular weight excluding hydrogens is 370 g/mol. The second-order valence-electron chi connectivity index (χ2n) is 5.98. The maximum Gasteiger partial charge on any atom is 0.240 e. The predicted molar refractivity (Wildman–Crippen MR) is 102 cm³/mol. The van der Waals surface area contributed by atoms with Gasteiger partial charge in [-0.1, -0.05) is 47.6 Å². The van der Waals surface area contributed by atoms with Crippen LogP contribution in [0.3, 0.4) is 0 Å². The van der Waals surface area contributed by atoms with Gasteiger partial charge in [-0.05, 0) is 53.6 Å². The molecule has 2 aromatic carbocycles. The first-order valence-electron chi connectivity index (χ1n) is 8.24. The Balaban J connectivity index is 1.54. The highest BCUT2D eigenvalue weighted by Gasteiger charge is 2.29. The van der Waals surface area contributed by atoms with Crippen LogP contribution in [0, 0.1) is 0 Å². The Morgan fingerprint density at radius 2 is 2.08 bits per heavy atom. The van der Waals surface area contributed by atoms with Crippen LogP contribution >= 0.6 is 23.4 Å². The molecule has 2 heterocycles. The Kier molecular flexibility index (Phi) is 4.65. The average molecular weight is 386 g/mol. The molecule has 1 amide bonds. The van der Waals surface area contributed by atoms with Crippen LogP contribution in [0.1, 0.15) is 12.5 Å². The summed E-state index contributed by atoms with van der Waals surface area (Å²) in [6, 6.07) is 15.3. The van der Waals surface area contributed by atoms with Gasteiger partial charge in [0.05, 0.1) is 10.9 Å². The van der Waals surface area contributed by atoms with E-state index in [1.165, 1.54) is 17.3 Å². The predicted octanol–water partition coefficient (Wildman–Crippen LogP) is 3.39. The third-order valence-electron chi connectivity index (χ3n) is 4.28. The molecule has 0 saturated carbocycles. The van der Waals surface area contributed by atoms with Gasteiger partial charge in [0.15, 0.2) is 0 Å². The number of hydrogen-bond donors (Lipinski definition) is 0. The van der Waals surface area contributed by atoms with Gasteiger partial charge in [0, 0.05) is 17.3 Å². The van der Waals surface area contributed by atoms with E-state index in [1.54, 1.807) is 16.8 Å². The summed E-state index contributed by atoms with van der Waals surface area (Å²) in [6.07, 6.45) is 0.888. The molecule has 6 nitrogen and oxygen atoms in total. The van der Waals surface area contributed by atoms with Crippen molar-refractivity contribution in [1.29, 1.82) is 0 Å². The number of aromatic nitrogens is 4. The van der Waals surface area contributed by atoms with Crippen LogP contribution in [-0.4, -0.2) is 37.9 Å². The van der Waals surface area contributed by atoms with Gasteiger partial charge in [0.1, 0.15) is 0 Å². The lowest BCUT2D eigenvalue weighted by Crippen LogP contribution is -2.35. The van der Waals surface area contributed by atoms with Crippen molar-refractivity contribution in [3.8, 4) is 5.69 Å². The molecule has 0 radical (unpaired) electrons. The molecule has 4 rings (SSSR count). The van der Waals surface area contributed by atoms with Gasteiger partial charge >= 0.3 is 0 Å². The van der Waals surface area contributed by atoms with E-state index in [9.17, 15) is 4.79 Å². The largest absolute Gasteiger partial charge is 0.311 e. The van der Waals surface area contributed by atoms with Crippen LogP contribution in [0.2, 0.25) is 5.02 Å². The lowest BCUT2D eigenvalue weighted by Gasteiger charge is -2.21. The van der Waals surface area contributed by atoms with E-state index in [1.807, 2.05) is 42.2 Å². The maximum atomic E-state index is 12.9. The zero-order valence-electron chi connectivity index (χ0n) is 14.0. The zero-order valence-corrected chi connectivity index (χ0v) is 15.6. The van der Waals surface area contributed by atoms with Crippen LogP contribution < -0.4 is 4.90 Å². The standard InChI is InChI=1S/C18H16ClN5OS/c1-12(17(25)23-10-9-13-5-2-3-8-16(13)23)26-18-20-21-22-24(18)15-7-4-6-14(19)11-15/h2-8,11-12H,9-10H2,1H3/t12-/m1/s1. The molecule has 132 valence electrons. The van der Waals surface area contributed by atoms with Gasteiger partial charge in [-0.2, -0.15) is 4.68 Å². The fourth-order valence-electron chi connectivity index (χ4n) is 3.02. The quantitative estimate of drug-likeness (QED) is 0.644. The summed E-state index contributed by atoms with van der Waals surface area (Å²) in [5.41, 5.74) is 2.97. The normalized spacial score (nSPS) is 14.3.